The van der Waals surface area contributed by atoms with Gasteiger partial charge in [-0.25, -0.2) is 8.42 Å². The molecule has 2 amide bonds. The van der Waals surface area contributed by atoms with Crippen molar-refractivity contribution in [3.05, 3.63) is 28.8 Å². The molecule has 0 spiro atoms. The zero-order valence-corrected chi connectivity index (χ0v) is 18.7. The summed E-state index contributed by atoms with van der Waals surface area (Å²) in [7, 11) is -3.63. The minimum atomic E-state index is -3.63. The Morgan fingerprint density at radius 3 is 2.21 bits per heavy atom. The standard InChI is InChI=1S/C21H33N3O4S/c1-5-10-22-20(25)21(26)23-11-9-18-8-6-7-12-24(18)29(27,28)19-16(3)13-15(2)14-17(19)4/h13-14,18H,5-12H2,1-4H3,(H,22,25)(H,23,26). The number of aryl methyl sites for hydroxylation is 3. The van der Waals surface area contributed by atoms with E-state index in [1.165, 1.54) is 0 Å². The first-order valence-electron chi connectivity index (χ1n) is 10.3. The van der Waals surface area contributed by atoms with Gasteiger partial charge in [-0.15, -0.1) is 0 Å². The third-order valence-corrected chi connectivity index (χ3v) is 7.51. The maximum Gasteiger partial charge on any atom is 0.309 e. The van der Waals surface area contributed by atoms with Gasteiger partial charge in [0.1, 0.15) is 0 Å². The molecule has 1 atom stereocenters. The molecule has 1 fully saturated rings. The summed E-state index contributed by atoms with van der Waals surface area (Å²) in [5, 5.41) is 5.14. The van der Waals surface area contributed by atoms with Crippen LogP contribution >= 0.6 is 0 Å². The number of rotatable bonds is 7. The Labute approximate surface area is 174 Å². The van der Waals surface area contributed by atoms with Crippen molar-refractivity contribution >= 4 is 21.8 Å². The van der Waals surface area contributed by atoms with Crippen molar-refractivity contribution in [1.29, 1.82) is 0 Å². The highest BCUT2D eigenvalue weighted by Gasteiger charge is 2.35. The molecule has 2 N–H and O–H groups in total. The highest BCUT2D eigenvalue weighted by atomic mass is 32.2. The molecule has 1 saturated heterocycles. The lowest BCUT2D eigenvalue weighted by atomic mass is 10.0. The highest BCUT2D eigenvalue weighted by molar-refractivity contribution is 7.89. The number of benzene rings is 1. The van der Waals surface area contributed by atoms with E-state index in [9.17, 15) is 18.0 Å². The number of hydrogen-bond acceptors (Lipinski definition) is 4. The van der Waals surface area contributed by atoms with Crippen molar-refractivity contribution in [3.8, 4) is 0 Å². The number of nitrogens with one attached hydrogen (secondary N) is 2. The predicted octanol–water partition coefficient (Wildman–Crippen LogP) is 2.19. The number of sulfonamides is 1. The molecule has 1 aromatic carbocycles. The summed E-state index contributed by atoms with van der Waals surface area (Å²) in [6.45, 7) is 8.73. The van der Waals surface area contributed by atoms with Gasteiger partial charge in [0, 0.05) is 25.7 Å². The zero-order valence-electron chi connectivity index (χ0n) is 17.9. The Kier molecular flexibility index (Phi) is 8.22. The van der Waals surface area contributed by atoms with Gasteiger partial charge in [-0.05, 0) is 57.6 Å². The Morgan fingerprint density at radius 1 is 1.03 bits per heavy atom. The van der Waals surface area contributed by atoms with Crippen molar-refractivity contribution in [1.82, 2.24) is 14.9 Å². The molecule has 1 aliphatic heterocycles. The summed E-state index contributed by atoms with van der Waals surface area (Å²) < 4.78 is 28.5. The third kappa shape index (κ3) is 5.79. The predicted molar refractivity (Wildman–Crippen MR) is 113 cm³/mol. The molecular formula is C21H33N3O4S. The number of carbonyl (C=O) groups excluding carboxylic acids is 2. The number of amides is 2. The first kappa shape index (κ1) is 23.3. The summed E-state index contributed by atoms with van der Waals surface area (Å²) in [6, 6.07) is 3.61. The third-order valence-electron chi connectivity index (χ3n) is 5.25. The molecule has 0 bridgehead atoms. The minimum Gasteiger partial charge on any atom is -0.348 e. The fourth-order valence-corrected chi connectivity index (χ4v) is 6.16. The van der Waals surface area contributed by atoms with Gasteiger partial charge in [0.2, 0.25) is 10.0 Å². The van der Waals surface area contributed by atoms with Crippen molar-refractivity contribution in [2.45, 2.75) is 70.7 Å². The van der Waals surface area contributed by atoms with Crippen LogP contribution in [0.2, 0.25) is 0 Å². The van der Waals surface area contributed by atoms with Crippen LogP contribution in [0.3, 0.4) is 0 Å². The minimum absolute atomic E-state index is 0.187. The van der Waals surface area contributed by atoms with Crippen LogP contribution in [-0.4, -0.2) is 50.2 Å². The molecular weight excluding hydrogens is 390 g/mol. The Bertz CT molecular complexity index is 828. The largest absolute Gasteiger partial charge is 0.348 e. The maximum atomic E-state index is 13.4. The second-order valence-electron chi connectivity index (χ2n) is 7.79. The van der Waals surface area contributed by atoms with Crippen molar-refractivity contribution in [2.75, 3.05) is 19.6 Å². The van der Waals surface area contributed by atoms with Gasteiger partial charge >= 0.3 is 11.8 Å². The van der Waals surface area contributed by atoms with E-state index in [2.05, 4.69) is 10.6 Å². The van der Waals surface area contributed by atoms with Crippen LogP contribution in [0, 0.1) is 20.8 Å². The smallest absolute Gasteiger partial charge is 0.309 e. The molecule has 2 rings (SSSR count). The normalized spacial score (nSPS) is 17.7. The topological polar surface area (TPSA) is 95.6 Å². The van der Waals surface area contributed by atoms with Crippen molar-refractivity contribution < 1.29 is 18.0 Å². The number of nitrogens with zero attached hydrogens (tertiary/aromatic N) is 1. The molecule has 8 heteroatoms. The monoisotopic (exact) mass is 423 g/mol. The lowest BCUT2D eigenvalue weighted by Crippen LogP contribution is -2.46. The summed E-state index contributed by atoms with van der Waals surface area (Å²) in [6.07, 6.45) is 3.77. The van der Waals surface area contributed by atoms with Gasteiger partial charge in [-0.3, -0.25) is 9.59 Å². The van der Waals surface area contributed by atoms with Crippen molar-refractivity contribution in [2.24, 2.45) is 0 Å². The van der Waals surface area contributed by atoms with Gasteiger partial charge in [0.15, 0.2) is 0 Å². The molecule has 1 heterocycles. The molecule has 1 unspecified atom stereocenters. The Hall–Kier alpha value is -1.93. The molecule has 0 saturated carbocycles. The summed E-state index contributed by atoms with van der Waals surface area (Å²) in [5.41, 5.74) is 2.55. The number of carbonyl (C=O) groups is 2. The Morgan fingerprint density at radius 2 is 1.62 bits per heavy atom. The van der Waals surface area contributed by atoms with E-state index < -0.39 is 21.8 Å². The average Bonchev–Trinajstić information content (AvgIpc) is 2.65. The van der Waals surface area contributed by atoms with Gasteiger partial charge in [0.05, 0.1) is 4.90 Å². The molecule has 1 aromatic rings. The van der Waals surface area contributed by atoms with E-state index in [0.717, 1.165) is 42.4 Å². The fraction of sp³-hybridized carbons (Fsp3) is 0.619. The van der Waals surface area contributed by atoms with Crippen LogP contribution in [0.15, 0.2) is 17.0 Å². The van der Waals surface area contributed by atoms with Gasteiger partial charge in [-0.2, -0.15) is 4.31 Å². The van der Waals surface area contributed by atoms with Crippen LogP contribution in [0.4, 0.5) is 0 Å². The summed E-state index contributed by atoms with van der Waals surface area (Å²) >= 11 is 0. The molecule has 162 valence electrons. The van der Waals surface area contributed by atoms with Gasteiger partial charge in [-0.1, -0.05) is 31.0 Å². The second kappa shape index (κ2) is 10.2. The lowest BCUT2D eigenvalue weighted by molar-refractivity contribution is -0.139. The van der Waals surface area contributed by atoms with E-state index in [4.69, 9.17) is 0 Å². The summed E-state index contributed by atoms with van der Waals surface area (Å²) in [5.74, 6) is -1.32. The quantitative estimate of drug-likeness (QED) is 0.657. The second-order valence-corrected chi connectivity index (χ2v) is 9.62. The summed E-state index contributed by atoms with van der Waals surface area (Å²) in [4.78, 5) is 23.9. The zero-order chi connectivity index (χ0) is 21.6. The van der Waals surface area contributed by atoms with E-state index in [-0.39, 0.29) is 12.6 Å². The van der Waals surface area contributed by atoms with E-state index in [1.54, 1.807) is 4.31 Å². The SMILES string of the molecule is CCCNC(=O)C(=O)NCCC1CCCCN1S(=O)(=O)c1c(C)cc(C)cc1C. The van der Waals surface area contributed by atoms with Crippen LogP contribution in [-0.2, 0) is 19.6 Å². The van der Waals surface area contributed by atoms with E-state index in [1.807, 2.05) is 39.8 Å². The van der Waals surface area contributed by atoms with Gasteiger partial charge < -0.3 is 10.6 Å². The first-order chi connectivity index (χ1) is 13.7. The van der Waals surface area contributed by atoms with Crippen LogP contribution in [0.25, 0.3) is 0 Å². The maximum absolute atomic E-state index is 13.4. The average molecular weight is 424 g/mol. The molecule has 0 aliphatic carbocycles. The number of hydrogen-bond donors (Lipinski definition) is 2. The molecule has 7 nitrogen and oxygen atoms in total. The highest BCUT2D eigenvalue weighted by Crippen LogP contribution is 2.31. The van der Waals surface area contributed by atoms with Crippen LogP contribution in [0.1, 0.15) is 55.7 Å². The van der Waals surface area contributed by atoms with E-state index in [0.29, 0.717) is 24.4 Å². The molecule has 0 radical (unpaired) electrons. The van der Waals surface area contributed by atoms with Crippen molar-refractivity contribution in [3.63, 3.8) is 0 Å². The van der Waals surface area contributed by atoms with Crippen LogP contribution < -0.4 is 10.6 Å². The molecule has 29 heavy (non-hydrogen) atoms. The van der Waals surface area contributed by atoms with Gasteiger partial charge in [0.25, 0.3) is 0 Å². The molecule has 1 aliphatic rings. The lowest BCUT2D eigenvalue weighted by Gasteiger charge is -2.35. The molecule has 0 aromatic heterocycles. The Balaban J connectivity index is 2.09. The first-order valence-corrected chi connectivity index (χ1v) is 11.8. The number of piperidine rings is 1. The van der Waals surface area contributed by atoms with Crippen LogP contribution in [0.5, 0.6) is 0 Å². The van der Waals surface area contributed by atoms with E-state index >= 15 is 0 Å². The fourth-order valence-electron chi connectivity index (χ4n) is 4.02.